The molecule has 0 aliphatic carbocycles. The molecule has 0 atom stereocenters. The summed E-state index contributed by atoms with van der Waals surface area (Å²) in [4.78, 5) is 4.41. The van der Waals surface area contributed by atoms with Crippen molar-refractivity contribution in [2.75, 3.05) is 44.8 Å². The topological polar surface area (TPSA) is 87.9 Å². The van der Waals surface area contributed by atoms with Crippen molar-refractivity contribution in [2.24, 2.45) is 5.73 Å². The summed E-state index contributed by atoms with van der Waals surface area (Å²) in [6.45, 7) is 27.5. The minimum atomic E-state index is -1.82. The highest BCUT2D eigenvalue weighted by molar-refractivity contribution is 6.75. The molecule has 2 aliphatic heterocycles. The number of benzene rings is 2. The maximum absolute atomic E-state index is 6.46. The molecule has 0 spiro atoms. The van der Waals surface area contributed by atoms with Crippen LogP contribution in [0.5, 0.6) is 11.5 Å². The average molecular weight is 720 g/mol. The normalized spacial score (nSPS) is 18.0. The van der Waals surface area contributed by atoms with Crippen molar-refractivity contribution in [1.29, 1.82) is 0 Å². The van der Waals surface area contributed by atoms with Gasteiger partial charge in [0.1, 0.15) is 17.3 Å². The molecule has 7 nitrogen and oxygen atoms in total. The number of anilines is 1. The fourth-order valence-electron chi connectivity index (χ4n) is 6.08. The van der Waals surface area contributed by atoms with E-state index in [0.29, 0.717) is 6.54 Å². The van der Waals surface area contributed by atoms with Crippen molar-refractivity contribution in [3.8, 4) is 11.5 Å². The monoisotopic (exact) mass is 719 g/mol. The fraction of sp³-hybridized carbons (Fsp3) is 0.585. The Balaban J connectivity index is 0.000000232. The lowest BCUT2D eigenvalue weighted by molar-refractivity contribution is 0.0529. The summed E-state index contributed by atoms with van der Waals surface area (Å²) in [6, 6.07) is 23.4. The molecule has 0 saturated carbocycles. The van der Waals surface area contributed by atoms with Gasteiger partial charge in [-0.1, -0.05) is 71.9 Å². The number of hydrogen-bond donors (Lipinski definition) is 2. The maximum atomic E-state index is 6.46. The molecule has 9 heteroatoms. The zero-order valence-electron chi connectivity index (χ0n) is 32.7. The molecule has 276 valence electrons. The molecule has 5 rings (SSSR count). The summed E-state index contributed by atoms with van der Waals surface area (Å²) in [5.74, 6) is 2.89. The van der Waals surface area contributed by atoms with Gasteiger partial charge in [0.15, 0.2) is 0 Å². The molecule has 50 heavy (non-hydrogen) atoms. The highest BCUT2D eigenvalue weighted by Crippen LogP contribution is 2.41. The molecular weight excluding hydrogens is 655 g/mol. The first-order valence-corrected chi connectivity index (χ1v) is 24.3. The lowest BCUT2D eigenvalue weighted by Crippen LogP contribution is -2.44. The van der Waals surface area contributed by atoms with E-state index in [9.17, 15) is 0 Å². The van der Waals surface area contributed by atoms with Crippen LogP contribution in [0.2, 0.25) is 36.3 Å². The van der Waals surface area contributed by atoms with Crippen LogP contribution < -0.4 is 19.9 Å². The maximum Gasteiger partial charge on any atom is 0.250 e. The summed E-state index contributed by atoms with van der Waals surface area (Å²) in [5, 5.41) is 3.94. The van der Waals surface area contributed by atoms with E-state index in [2.05, 4.69) is 127 Å². The Bertz CT molecular complexity index is 1450. The van der Waals surface area contributed by atoms with Crippen molar-refractivity contribution in [3.63, 3.8) is 0 Å². The van der Waals surface area contributed by atoms with Crippen molar-refractivity contribution in [3.05, 3.63) is 84.1 Å². The van der Waals surface area contributed by atoms with Crippen LogP contribution in [0.25, 0.3) is 0 Å². The minimum Gasteiger partial charge on any atom is -0.544 e. The highest BCUT2D eigenvalue weighted by atomic mass is 28.4. The highest BCUT2D eigenvalue weighted by Gasteiger charge is 2.40. The van der Waals surface area contributed by atoms with E-state index in [1.807, 2.05) is 24.4 Å². The molecule has 2 fully saturated rings. The Labute approximate surface area is 305 Å². The first-order chi connectivity index (χ1) is 23.4. The third-order valence-corrected chi connectivity index (χ3v) is 20.6. The lowest BCUT2D eigenvalue weighted by atomic mass is 9.74. The first-order valence-electron chi connectivity index (χ1n) is 18.5. The quantitative estimate of drug-likeness (QED) is 0.202. The summed E-state index contributed by atoms with van der Waals surface area (Å²) in [5.41, 5.74) is 8.89. The van der Waals surface area contributed by atoms with Crippen LogP contribution in [0, 0.1) is 0 Å². The minimum absolute atomic E-state index is 0.0608. The van der Waals surface area contributed by atoms with Gasteiger partial charge in [0.05, 0.1) is 0 Å². The van der Waals surface area contributed by atoms with Gasteiger partial charge in [0.25, 0.3) is 0 Å². The van der Waals surface area contributed by atoms with Gasteiger partial charge < -0.3 is 29.4 Å². The average Bonchev–Trinajstić information content (AvgIpc) is 3.08. The van der Waals surface area contributed by atoms with Gasteiger partial charge in [0.2, 0.25) is 16.6 Å². The summed E-state index contributed by atoms with van der Waals surface area (Å²) in [6.07, 6.45) is 5.86. The summed E-state index contributed by atoms with van der Waals surface area (Å²) in [7, 11) is -3.60. The molecule has 0 bridgehead atoms. The number of rotatable bonds is 10. The third kappa shape index (κ3) is 10.00. The second-order valence-electron chi connectivity index (χ2n) is 17.3. The smallest absolute Gasteiger partial charge is 0.250 e. The first kappa shape index (κ1) is 40.1. The Morgan fingerprint density at radius 1 is 0.660 bits per heavy atom. The number of nitrogens with zero attached hydrogens (tertiary/aromatic N) is 1. The molecule has 0 radical (unpaired) electrons. The zero-order chi connectivity index (χ0) is 36.7. The van der Waals surface area contributed by atoms with Gasteiger partial charge in [-0.25, -0.2) is 4.98 Å². The van der Waals surface area contributed by atoms with E-state index in [4.69, 9.17) is 24.1 Å². The Kier molecular flexibility index (Phi) is 13.1. The van der Waals surface area contributed by atoms with Crippen molar-refractivity contribution in [1.82, 2.24) is 4.98 Å². The van der Waals surface area contributed by atoms with E-state index >= 15 is 0 Å². The van der Waals surface area contributed by atoms with Crippen LogP contribution in [0.1, 0.15) is 78.4 Å². The molecular formula is C41H65N3O4Si2. The number of nitrogens with one attached hydrogen (secondary N) is 1. The Morgan fingerprint density at radius 2 is 1.08 bits per heavy atom. The van der Waals surface area contributed by atoms with E-state index in [-0.39, 0.29) is 20.9 Å². The zero-order valence-corrected chi connectivity index (χ0v) is 34.7. The van der Waals surface area contributed by atoms with E-state index in [0.717, 1.165) is 76.0 Å². The second-order valence-corrected chi connectivity index (χ2v) is 26.8. The molecule has 2 aliphatic rings. The number of aromatic nitrogens is 1. The predicted molar refractivity (Wildman–Crippen MR) is 214 cm³/mol. The van der Waals surface area contributed by atoms with Gasteiger partial charge in [-0.15, -0.1) is 0 Å². The lowest BCUT2D eigenvalue weighted by Gasteiger charge is -2.39. The molecule has 2 aromatic carbocycles. The van der Waals surface area contributed by atoms with Crippen LogP contribution in [-0.2, 0) is 20.3 Å². The van der Waals surface area contributed by atoms with Gasteiger partial charge in [0, 0.05) is 56.5 Å². The largest absolute Gasteiger partial charge is 0.544 e. The molecule has 2 saturated heterocycles. The number of pyridine rings is 1. The summed E-state index contributed by atoms with van der Waals surface area (Å²) < 4.78 is 24.0. The predicted octanol–water partition coefficient (Wildman–Crippen LogP) is 9.70. The van der Waals surface area contributed by atoms with Gasteiger partial charge in [-0.05, 0) is 109 Å². The van der Waals surface area contributed by atoms with Crippen LogP contribution >= 0.6 is 0 Å². The standard InChI is InChI=1S/C23H34N2O2Si.C18H31NO2Si/c1-22(2,3)28(4,5)27-20-11-9-19(10-12-20)23(13-16-26-17-14-23)18-25-21-8-6-7-15-24-21;1-17(2,3)22(4,5)21-16-8-6-15(7-9-16)18(14-19)10-12-20-13-11-18/h6-12,15H,13-14,16-18H2,1-5H3,(H,24,25);6-9H,10-14,19H2,1-5H3. The van der Waals surface area contributed by atoms with Gasteiger partial charge in [-0.3, -0.25) is 0 Å². The van der Waals surface area contributed by atoms with Crippen LogP contribution in [-0.4, -0.2) is 61.1 Å². The number of ether oxygens (including phenoxy) is 2. The number of nitrogens with two attached hydrogens (primary N) is 1. The number of hydrogen-bond acceptors (Lipinski definition) is 7. The second kappa shape index (κ2) is 16.3. The van der Waals surface area contributed by atoms with Crippen LogP contribution in [0.3, 0.4) is 0 Å². The molecule has 3 N–H and O–H groups in total. The molecule has 3 aromatic rings. The Morgan fingerprint density at radius 3 is 1.46 bits per heavy atom. The Hall–Kier alpha value is -2.70. The van der Waals surface area contributed by atoms with Crippen molar-refractivity contribution >= 4 is 22.5 Å². The molecule has 0 amide bonds. The van der Waals surface area contributed by atoms with Crippen molar-refractivity contribution in [2.45, 2.75) is 114 Å². The van der Waals surface area contributed by atoms with Crippen LogP contribution in [0.4, 0.5) is 5.82 Å². The van der Waals surface area contributed by atoms with Gasteiger partial charge >= 0.3 is 0 Å². The molecule has 1 aromatic heterocycles. The van der Waals surface area contributed by atoms with E-state index in [1.54, 1.807) is 0 Å². The SMILES string of the molecule is CC(C)(C)[Si](C)(C)Oc1ccc(C2(CN)CCOCC2)cc1.CC(C)(C)[Si](C)(C)Oc1ccc(C2(CNc3ccccn3)CCOCC2)cc1. The van der Waals surface area contributed by atoms with E-state index in [1.165, 1.54) is 11.1 Å². The third-order valence-electron chi connectivity index (χ3n) is 11.9. The van der Waals surface area contributed by atoms with Crippen molar-refractivity contribution < 1.29 is 18.3 Å². The van der Waals surface area contributed by atoms with E-state index < -0.39 is 16.6 Å². The summed E-state index contributed by atoms with van der Waals surface area (Å²) >= 11 is 0. The molecule has 3 heterocycles. The van der Waals surface area contributed by atoms with Gasteiger partial charge in [-0.2, -0.15) is 0 Å². The fourth-order valence-corrected chi connectivity index (χ4v) is 8.14. The molecule has 0 unspecified atom stereocenters. The van der Waals surface area contributed by atoms with Crippen LogP contribution in [0.15, 0.2) is 72.9 Å².